The molecule has 1 spiro atoms. The molecule has 44 valence electrons. The Morgan fingerprint density at radius 1 is 1.75 bits per heavy atom. The second-order valence-electron chi connectivity index (χ2n) is 3.00. The van der Waals surface area contributed by atoms with E-state index < -0.39 is 0 Å². The number of alkyl halides is 2. The Morgan fingerprint density at radius 3 is 2.88 bits per heavy atom. The molecule has 0 nitrogen and oxygen atoms in total. The van der Waals surface area contributed by atoms with E-state index >= 15 is 0 Å². The monoisotopic (exact) mass is 219 g/mol. The number of hydrogen-bond donors (Lipinski definition) is 0. The fourth-order valence-corrected chi connectivity index (χ4v) is 4.78. The second kappa shape index (κ2) is 1.02. The van der Waals surface area contributed by atoms with Crippen LogP contribution in [-0.4, -0.2) is 7.85 Å². The van der Waals surface area contributed by atoms with Gasteiger partial charge in [-0.25, -0.2) is 0 Å². The Labute approximate surface area is 59.6 Å². The van der Waals surface area contributed by atoms with Crippen LogP contribution in [0.4, 0.5) is 0 Å². The van der Waals surface area contributed by atoms with E-state index in [9.17, 15) is 0 Å². The third kappa shape index (κ3) is 0.351. The molecule has 1 saturated carbocycles. The van der Waals surface area contributed by atoms with E-state index in [2.05, 4.69) is 6.08 Å². The molecule has 1 aliphatic heterocycles. The molecule has 0 aromatic rings. The van der Waals surface area contributed by atoms with Crippen LogP contribution in [-0.2, 0) is 0 Å². The van der Waals surface area contributed by atoms with Crippen LogP contribution in [0.3, 0.4) is 0 Å². The zero-order valence-corrected chi connectivity index (χ0v) is 6.81. The predicted molar refractivity (Wildman–Crippen MR) is 28.4 cm³/mol. The minimum atomic E-state index is 0.683. The maximum atomic E-state index is 2.51. The Bertz CT molecular complexity index is 177. The van der Waals surface area contributed by atoms with Crippen LogP contribution in [0.2, 0.25) is 0 Å². The van der Waals surface area contributed by atoms with E-state index in [1.807, 2.05) is 5.57 Å². The number of rotatable bonds is 0. The van der Waals surface area contributed by atoms with Crippen LogP contribution in [0.5, 0.6) is 0 Å². The van der Waals surface area contributed by atoms with Gasteiger partial charge in [0.05, 0.1) is 0 Å². The van der Waals surface area contributed by atoms with Gasteiger partial charge in [-0.2, -0.15) is 0 Å². The first-order chi connectivity index (χ1) is 3.91. The average Bonchev–Trinajstić information content (AvgIpc) is 2.46. The Kier molecular flexibility index (Phi) is 0.552. The summed E-state index contributed by atoms with van der Waals surface area (Å²) in [5.74, 6) is 1.04. The van der Waals surface area contributed by atoms with Crippen LogP contribution in [0.25, 0.3) is 0 Å². The third-order valence-electron chi connectivity index (χ3n) is 2.50. The molecule has 3 aliphatic rings. The molecule has 0 aromatic heterocycles. The van der Waals surface area contributed by atoms with Crippen molar-refractivity contribution in [3.05, 3.63) is 11.6 Å². The van der Waals surface area contributed by atoms with Crippen LogP contribution >= 0.6 is 0 Å². The molecule has 1 heteroatoms. The van der Waals surface area contributed by atoms with Crippen molar-refractivity contribution in [3.8, 4) is 0 Å². The van der Waals surface area contributed by atoms with Gasteiger partial charge < -0.3 is 0 Å². The van der Waals surface area contributed by atoms with Crippen molar-refractivity contribution >= 4 is 0 Å². The summed E-state index contributed by atoms with van der Waals surface area (Å²) < 4.78 is 2.58. The fraction of sp³-hybridized carbons (Fsp3) is 0.714. The van der Waals surface area contributed by atoms with Gasteiger partial charge in [0.25, 0.3) is 0 Å². The summed E-state index contributed by atoms with van der Waals surface area (Å²) in [4.78, 5) is 0. The number of fused-ring (bicyclic) bond motifs is 2. The first-order valence-corrected chi connectivity index (χ1v) is 5.84. The second-order valence-corrected chi connectivity index (χ2v) is 6.59. The summed E-state index contributed by atoms with van der Waals surface area (Å²) in [7, 11) is 0. The number of hydrogen-bond acceptors (Lipinski definition) is 0. The molecule has 1 heterocycles. The van der Waals surface area contributed by atoms with Gasteiger partial charge in [-0.15, -0.1) is 0 Å². The molecule has 0 N–H and O–H groups in total. The zero-order chi connectivity index (χ0) is 5.19. The fourth-order valence-electron chi connectivity index (χ4n) is 1.79. The standard InChI is InChI=1S/C7H8I/c1-2-7(4-8-7)6-3-5(1)6/h3,5H,1-2,4H2/q-1. The van der Waals surface area contributed by atoms with Gasteiger partial charge in [-0.05, 0) is 0 Å². The quantitative estimate of drug-likeness (QED) is 0.255. The van der Waals surface area contributed by atoms with Crippen molar-refractivity contribution in [1.29, 1.82) is 0 Å². The van der Waals surface area contributed by atoms with E-state index in [0.29, 0.717) is 21.2 Å². The van der Waals surface area contributed by atoms with E-state index in [1.54, 1.807) is 10.8 Å². The number of allylic oxidation sites excluding steroid dienone is 2. The minimum absolute atomic E-state index is 0.683. The first kappa shape index (κ1) is 4.31. The molecular formula is C7H8I-. The SMILES string of the molecule is C1=C2C1CCC21C[I-]1. The van der Waals surface area contributed by atoms with Gasteiger partial charge >= 0.3 is 59.5 Å². The van der Waals surface area contributed by atoms with Gasteiger partial charge in [-0.1, -0.05) is 0 Å². The van der Waals surface area contributed by atoms with Crippen molar-refractivity contribution in [2.45, 2.75) is 16.3 Å². The molecule has 8 heavy (non-hydrogen) atoms. The molecule has 3 rings (SSSR count). The van der Waals surface area contributed by atoms with Crippen molar-refractivity contribution in [2.75, 3.05) is 4.43 Å². The summed E-state index contributed by atoms with van der Waals surface area (Å²) in [5, 5.41) is 0. The summed E-state index contributed by atoms with van der Waals surface area (Å²) >= 11 is 0.683. The molecule has 1 saturated heterocycles. The van der Waals surface area contributed by atoms with E-state index in [4.69, 9.17) is 0 Å². The van der Waals surface area contributed by atoms with Crippen LogP contribution in [0.1, 0.15) is 12.8 Å². The van der Waals surface area contributed by atoms with Crippen molar-refractivity contribution in [3.63, 3.8) is 0 Å². The average molecular weight is 219 g/mol. The van der Waals surface area contributed by atoms with Crippen LogP contribution < -0.4 is 21.2 Å². The molecule has 2 fully saturated rings. The third-order valence-corrected chi connectivity index (χ3v) is 6.26. The molecule has 0 radical (unpaired) electrons. The first-order valence-electron chi connectivity index (χ1n) is 3.23. The van der Waals surface area contributed by atoms with Crippen LogP contribution in [0, 0.1) is 5.92 Å². The maximum absolute atomic E-state index is 2.51. The molecule has 2 aliphatic carbocycles. The Hall–Kier alpha value is 0.470. The van der Waals surface area contributed by atoms with Crippen LogP contribution in [0.15, 0.2) is 11.6 Å². The molecule has 2 atom stereocenters. The van der Waals surface area contributed by atoms with Crippen molar-refractivity contribution < 1.29 is 21.2 Å². The van der Waals surface area contributed by atoms with Crippen molar-refractivity contribution in [2.24, 2.45) is 5.92 Å². The molecule has 2 unspecified atom stereocenters. The van der Waals surface area contributed by atoms with E-state index in [-0.39, 0.29) is 0 Å². The van der Waals surface area contributed by atoms with E-state index in [1.165, 1.54) is 6.42 Å². The van der Waals surface area contributed by atoms with Crippen molar-refractivity contribution in [1.82, 2.24) is 0 Å². The normalized spacial score (nSPS) is 57.0. The van der Waals surface area contributed by atoms with Gasteiger partial charge in [0.15, 0.2) is 0 Å². The molecule has 0 bridgehead atoms. The topological polar surface area (TPSA) is 0 Å². The van der Waals surface area contributed by atoms with Gasteiger partial charge in [0, 0.05) is 0 Å². The number of halogens is 1. The summed E-state index contributed by atoms with van der Waals surface area (Å²) in [5.41, 5.74) is 1.89. The summed E-state index contributed by atoms with van der Waals surface area (Å²) in [6, 6.07) is 0. The Balaban J connectivity index is 2.08. The molecule has 0 aromatic carbocycles. The molecule has 0 amide bonds. The summed E-state index contributed by atoms with van der Waals surface area (Å²) in [6.45, 7) is 0. The molecular weight excluding hydrogens is 211 g/mol. The Morgan fingerprint density at radius 2 is 2.62 bits per heavy atom. The van der Waals surface area contributed by atoms with Gasteiger partial charge in [0.1, 0.15) is 0 Å². The van der Waals surface area contributed by atoms with E-state index in [0.717, 1.165) is 9.34 Å². The van der Waals surface area contributed by atoms with Gasteiger partial charge in [-0.3, -0.25) is 0 Å². The zero-order valence-electron chi connectivity index (χ0n) is 4.65. The van der Waals surface area contributed by atoms with Gasteiger partial charge in [0.2, 0.25) is 0 Å². The predicted octanol–water partition coefficient (Wildman–Crippen LogP) is -1.82. The summed E-state index contributed by atoms with van der Waals surface area (Å²) in [6.07, 6.45) is 5.61.